The molecule has 1 aromatic carbocycles. The zero-order chi connectivity index (χ0) is 11.3. The molecule has 15 heavy (non-hydrogen) atoms. The van der Waals surface area contributed by atoms with E-state index in [9.17, 15) is 4.79 Å². The van der Waals surface area contributed by atoms with Crippen LogP contribution in [0, 0.1) is 0 Å². The van der Waals surface area contributed by atoms with Crippen LogP contribution in [0.2, 0.25) is 0 Å². The van der Waals surface area contributed by atoms with Crippen LogP contribution in [0.15, 0.2) is 28.7 Å². The minimum atomic E-state index is 0.0548. The summed E-state index contributed by atoms with van der Waals surface area (Å²) in [4.78, 5) is 13.3. The van der Waals surface area contributed by atoms with Gasteiger partial charge >= 0.3 is 0 Å². The molecule has 0 radical (unpaired) electrons. The number of hydrogen-bond donors (Lipinski definition) is 0. The van der Waals surface area contributed by atoms with E-state index < -0.39 is 0 Å². The van der Waals surface area contributed by atoms with Crippen molar-refractivity contribution in [1.82, 2.24) is 0 Å². The Kier molecular flexibility index (Phi) is 4.78. The lowest BCUT2D eigenvalue weighted by molar-refractivity contribution is -0.119. The maximum Gasteiger partial charge on any atom is 0.229 e. The van der Waals surface area contributed by atoms with Crippen molar-refractivity contribution in [3.8, 4) is 0 Å². The van der Waals surface area contributed by atoms with Crippen LogP contribution in [-0.4, -0.2) is 26.7 Å². The number of carbonyl (C=O) groups is 1. The molecule has 1 rings (SSSR count). The fourth-order valence-corrected chi connectivity index (χ4v) is 1.43. The van der Waals surface area contributed by atoms with Crippen LogP contribution >= 0.6 is 15.9 Å². The monoisotopic (exact) mass is 271 g/mol. The predicted octanol–water partition coefficient (Wildman–Crippen LogP) is 2.45. The van der Waals surface area contributed by atoms with Gasteiger partial charge in [0.2, 0.25) is 5.91 Å². The summed E-state index contributed by atoms with van der Waals surface area (Å²) < 4.78 is 5.87. The van der Waals surface area contributed by atoms with Gasteiger partial charge in [0, 0.05) is 24.3 Å². The fraction of sp³-hybridized carbons (Fsp3) is 0.364. The highest BCUT2D eigenvalue weighted by Crippen LogP contribution is 2.17. The maximum absolute atomic E-state index is 11.6. The van der Waals surface area contributed by atoms with Gasteiger partial charge in [-0.1, -0.05) is 15.9 Å². The van der Waals surface area contributed by atoms with E-state index in [0.29, 0.717) is 13.0 Å². The molecular weight excluding hydrogens is 258 g/mol. The van der Waals surface area contributed by atoms with Gasteiger partial charge in [-0.05, 0) is 24.3 Å². The number of rotatable bonds is 4. The third-order valence-electron chi connectivity index (χ3n) is 2.11. The highest BCUT2D eigenvalue weighted by atomic mass is 79.9. The van der Waals surface area contributed by atoms with Crippen LogP contribution in [0.3, 0.4) is 0 Å². The first-order valence-corrected chi connectivity index (χ1v) is 5.45. The molecule has 0 heterocycles. The van der Waals surface area contributed by atoms with Crippen molar-refractivity contribution in [3.05, 3.63) is 28.7 Å². The molecule has 0 fully saturated rings. The lowest BCUT2D eigenvalue weighted by Crippen LogP contribution is -2.26. The fourth-order valence-electron chi connectivity index (χ4n) is 1.17. The third-order valence-corrected chi connectivity index (χ3v) is 2.64. The minimum absolute atomic E-state index is 0.0548. The Morgan fingerprint density at radius 1 is 1.40 bits per heavy atom. The van der Waals surface area contributed by atoms with E-state index in [1.165, 1.54) is 0 Å². The zero-order valence-corrected chi connectivity index (χ0v) is 10.5. The average molecular weight is 272 g/mol. The molecule has 1 aromatic rings. The number of ether oxygens (including phenoxy) is 1. The number of amides is 1. The standard InChI is InChI=1S/C11H14BrNO2/c1-13(11(14)7-8-15-2)10-5-3-9(12)4-6-10/h3-6H,7-8H2,1-2H3. The summed E-state index contributed by atoms with van der Waals surface area (Å²) in [7, 11) is 3.36. The third kappa shape index (κ3) is 3.64. The molecule has 0 aliphatic carbocycles. The number of carbonyl (C=O) groups excluding carboxylic acids is 1. The molecule has 1 amide bonds. The van der Waals surface area contributed by atoms with E-state index >= 15 is 0 Å². The first kappa shape index (κ1) is 12.2. The Hall–Kier alpha value is -0.870. The summed E-state index contributed by atoms with van der Waals surface area (Å²) >= 11 is 3.35. The van der Waals surface area contributed by atoms with E-state index in [2.05, 4.69) is 15.9 Å². The number of hydrogen-bond acceptors (Lipinski definition) is 2. The van der Waals surface area contributed by atoms with Crippen molar-refractivity contribution in [2.24, 2.45) is 0 Å². The lowest BCUT2D eigenvalue weighted by atomic mass is 10.3. The molecule has 4 heteroatoms. The van der Waals surface area contributed by atoms with Crippen molar-refractivity contribution in [3.63, 3.8) is 0 Å². The van der Waals surface area contributed by atoms with Gasteiger partial charge in [-0.15, -0.1) is 0 Å². The van der Waals surface area contributed by atoms with Crippen molar-refractivity contribution < 1.29 is 9.53 Å². The van der Waals surface area contributed by atoms with Crippen LogP contribution in [0.25, 0.3) is 0 Å². The Bertz CT molecular complexity index is 324. The second-order valence-electron chi connectivity index (χ2n) is 3.17. The predicted molar refractivity (Wildman–Crippen MR) is 64.0 cm³/mol. The van der Waals surface area contributed by atoms with Crippen molar-refractivity contribution >= 4 is 27.5 Å². The second-order valence-corrected chi connectivity index (χ2v) is 4.09. The normalized spacial score (nSPS) is 10.1. The van der Waals surface area contributed by atoms with Gasteiger partial charge < -0.3 is 9.64 Å². The van der Waals surface area contributed by atoms with Gasteiger partial charge in [-0.3, -0.25) is 4.79 Å². The second kappa shape index (κ2) is 5.88. The molecular formula is C11H14BrNO2. The Labute approximate surface area is 98.2 Å². The smallest absolute Gasteiger partial charge is 0.229 e. The SMILES string of the molecule is COCCC(=O)N(C)c1ccc(Br)cc1. The van der Waals surface area contributed by atoms with Crippen molar-refractivity contribution in [1.29, 1.82) is 0 Å². The molecule has 3 nitrogen and oxygen atoms in total. The Morgan fingerprint density at radius 3 is 2.53 bits per heavy atom. The minimum Gasteiger partial charge on any atom is -0.384 e. The number of halogens is 1. The summed E-state index contributed by atoms with van der Waals surface area (Å²) in [6.45, 7) is 0.458. The summed E-state index contributed by atoms with van der Waals surface area (Å²) in [6.07, 6.45) is 0.406. The summed E-state index contributed by atoms with van der Waals surface area (Å²) in [6, 6.07) is 7.62. The van der Waals surface area contributed by atoms with Gasteiger partial charge in [-0.25, -0.2) is 0 Å². The lowest BCUT2D eigenvalue weighted by Gasteiger charge is -2.17. The van der Waals surface area contributed by atoms with Crippen LogP contribution in [0.1, 0.15) is 6.42 Å². The Balaban J connectivity index is 2.63. The van der Waals surface area contributed by atoms with E-state index in [4.69, 9.17) is 4.74 Å². The molecule has 0 aliphatic heterocycles. The topological polar surface area (TPSA) is 29.5 Å². The first-order valence-electron chi connectivity index (χ1n) is 4.66. The molecule has 0 aliphatic rings. The number of methoxy groups -OCH3 is 1. The average Bonchev–Trinajstić information content (AvgIpc) is 2.26. The molecule has 0 spiro atoms. The summed E-state index contributed by atoms with van der Waals surface area (Å²) in [5.41, 5.74) is 0.888. The van der Waals surface area contributed by atoms with Gasteiger partial charge in [0.1, 0.15) is 0 Å². The van der Waals surface area contributed by atoms with Gasteiger partial charge in [0.25, 0.3) is 0 Å². The molecule has 0 bridgehead atoms. The van der Waals surface area contributed by atoms with E-state index in [1.54, 1.807) is 19.1 Å². The van der Waals surface area contributed by atoms with Crippen molar-refractivity contribution in [2.45, 2.75) is 6.42 Å². The highest BCUT2D eigenvalue weighted by molar-refractivity contribution is 9.10. The van der Waals surface area contributed by atoms with E-state index in [1.807, 2.05) is 24.3 Å². The molecule has 0 atom stereocenters. The molecule has 0 aromatic heterocycles. The summed E-state index contributed by atoms with van der Waals surface area (Å²) in [5, 5.41) is 0. The number of nitrogens with zero attached hydrogens (tertiary/aromatic N) is 1. The molecule has 0 N–H and O–H groups in total. The van der Waals surface area contributed by atoms with Crippen LogP contribution in [-0.2, 0) is 9.53 Å². The van der Waals surface area contributed by atoms with E-state index in [0.717, 1.165) is 10.2 Å². The van der Waals surface area contributed by atoms with Gasteiger partial charge in [0.05, 0.1) is 13.0 Å². The largest absolute Gasteiger partial charge is 0.384 e. The summed E-state index contributed by atoms with van der Waals surface area (Å²) in [5.74, 6) is 0.0548. The quantitative estimate of drug-likeness (QED) is 0.842. The van der Waals surface area contributed by atoms with Gasteiger partial charge in [-0.2, -0.15) is 0 Å². The zero-order valence-electron chi connectivity index (χ0n) is 8.87. The van der Waals surface area contributed by atoms with Crippen LogP contribution in [0.5, 0.6) is 0 Å². The molecule has 0 saturated carbocycles. The van der Waals surface area contributed by atoms with Crippen LogP contribution in [0.4, 0.5) is 5.69 Å². The number of anilines is 1. The Morgan fingerprint density at radius 2 is 2.00 bits per heavy atom. The molecule has 0 saturated heterocycles. The van der Waals surface area contributed by atoms with E-state index in [-0.39, 0.29) is 5.91 Å². The molecule has 82 valence electrons. The van der Waals surface area contributed by atoms with Gasteiger partial charge in [0.15, 0.2) is 0 Å². The first-order chi connectivity index (χ1) is 7.15. The molecule has 0 unspecified atom stereocenters. The van der Waals surface area contributed by atoms with Crippen LogP contribution < -0.4 is 4.90 Å². The highest BCUT2D eigenvalue weighted by Gasteiger charge is 2.09. The number of benzene rings is 1. The van der Waals surface area contributed by atoms with Crippen molar-refractivity contribution in [2.75, 3.05) is 25.7 Å². The maximum atomic E-state index is 11.6.